The molecular weight excluding hydrogens is 377 g/mol. The number of rotatable bonds is 3. The Labute approximate surface area is 144 Å². The van der Waals surface area contributed by atoms with Gasteiger partial charge in [-0.3, -0.25) is 4.79 Å². The molecule has 5 nitrogen and oxygen atoms in total. The fourth-order valence-electron chi connectivity index (χ4n) is 2.13. The number of amides is 1. The average Bonchev–Trinajstić information content (AvgIpc) is 3.01. The fraction of sp³-hybridized carbons (Fsp3) is 0.0667. The number of aromatic nitrogens is 1. The van der Waals surface area contributed by atoms with Gasteiger partial charge in [-0.1, -0.05) is 0 Å². The first-order chi connectivity index (χ1) is 11.7. The Bertz CT molecular complexity index is 1060. The lowest BCUT2D eigenvalue weighted by atomic mass is 10.2. The van der Waals surface area contributed by atoms with E-state index in [1.54, 1.807) is 18.2 Å². The summed E-state index contributed by atoms with van der Waals surface area (Å²) in [6, 6.07) is 8.94. The van der Waals surface area contributed by atoms with Gasteiger partial charge >= 0.3 is 5.51 Å². The summed E-state index contributed by atoms with van der Waals surface area (Å²) in [4.78, 5) is 15.6. The number of nitrogens with zero attached hydrogens (tertiary/aromatic N) is 1. The van der Waals surface area contributed by atoms with Gasteiger partial charge in [0.1, 0.15) is 0 Å². The Hall–Kier alpha value is -2.46. The molecule has 0 saturated carbocycles. The standard InChI is InChI=1S/C15H9F3N2O3S2/c16-15(17,18)25(22,23)14-11(2-1-6-19-14)13(21)20-10-3-4-12-9(8-10)5-7-24-12/h1-8H,(H,20,21). The second kappa shape index (κ2) is 6.12. The number of hydrogen-bond donors (Lipinski definition) is 1. The van der Waals surface area contributed by atoms with E-state index in [4.69, 9.17) is 0 Å². The monoisotopic (exact) mass is 386 g/mol. The van der Waals surface area contributed by atoms with Crippen molar-refractivity contribution in [3.8, 4) is 0 Å². The Morgan fingerprint density at radius 2 is 1.92 bits per heavy atom. The first kappa shape index (κ1) is 17.4. The van der Waals surface area contributed by atoms with Crippen LogP contribution in [0.5, 0.6) is 0 Å². The quantitative estimate of drug-likeness (QED) is 0.742. The summed E-state index contributed by atoms with van der Waals surface area (Å²) in [5.41, 5.74) is -5.90. The second-order valence-corrected chi connectivity index (χ2v) is 7.74. The van der Waals surface area contributed by atoms with Gasteiger partial charge in [-0.05, 0) is 47.2 Å². The van der Waals surface area contributed by atoms with Crippen LogP contribution in [-0.2, 0) is 9.84 Å². The number of nitrogens with one attached hydrogen (secondary N) is 1. The average molecular weight is 386 g/mol. The van der Waals surface area contributed by atoms with Crippen molar-refractivity contribution < 1.29 is 26.4 Å². The van der Waals surface area contributed by atoms with Crippen LogP contribution < -0.4 is 5.32 Å². The Balaban J connectivity index is 1.98. The molecule has 1 amide bonds. The van der Waals surface area contributed by atoms with Gasteiger partial charge in [0.15, 0.2) is 5.03 Å². The summed E-state index contributed by atoms with van der Waals surface area (Å²) < 4.78 is 62.5. The molecule has 0 spiro atoms. The fourth-order valence-corrected chi connectivity index (χ4v) is 3.77. The molecule has 0 atom stereocenters. The molecule has 2 aromatic heterocycles. The third-order valence-corrected chi connectivity index (χ3v) is 5.63. The lowest BCUT2D eigenvalue weighted by Crippen LogP contribution is -2.27. The Morgan fingerprint density at radius 3 is 2.64 bits per heavy atom. The zero-order valence-electron chi connectivity index (χ0n) is 12.2. The van der Waals surface area contributed by atoms with Gasteiger partial charge in [0, 0.05) is 16.6 Å². The largest absolute Gasteiger partial charge is 0.503 e. The van der Waals surface area contributed by atoms with E-state index in [2.05, 4.69) is 10.3 Å². The van der Waals surface area contributed by atoms with Crippen molar-refractivity contribution in [2.45, 2.75) is 10.5 Å². The highest BCUT2D eigenvalue weighted by atomic mass is 32.2. The van der Waals surface area contributed by atoms with Crippen LogP contribution in [0.4, 0.5) is 18.9 Å². The van der Waals surface area contributed by atoms with Crippen molar-refractivity contribution in [3.05, 3.63) is 53.5 Å². The molecule has 1 N–H and O–H groups in total. The summed E-state index contributed by atoms with van der Waals surface area (Å²) in [5, 5.41) is 3.77. The second-order valence-electron chi connectivity index (χ2n) is 4.93. The third kappa shape index (κ3) is 3.22. The molecule has 0 bridgehead atoms. The van der Waals surface area contributed by atoms with Gasteiger partial charge in [-0.25, -0.2) is 13.4 Å². The highest BCUT2D eigenvalue weighted by molar-refractivity contribution is 7.92. The highest BCUT2D eigenvalue weighted by Gasteiger charge is 2.49. The minimum absolute atomic E-state index is 0.329. The maximum absolute atomic E-state index is 12.8. The molecule has 10 heteroatoms. The first-order valence-corrected chi connectivity index (χ1v) is 9.11. The zero-order chi connectivity index (χ0) is 18.2. The van der Waals surface area contributed by atoms with Gasteiger partial charge in [-0.15, -0.1) is 11.3 Å². The topological polar surface area (TPSA) is 76.1 Å². The van der Waals surface area contributed by atoms with Gasteiger partial charge in [-0.2, -0.15) is 13.2 Å². The summed E-state index contributed by atoms with van der Waals surface area (Å²) in [6.45, 7) is 0. The molecule has 1 aromatic carbocycles. The molecule has 3 rings (SSSR count). The van der Waals surface area contributed by atoms with Crippen LogP contribution in [0, 0.1) is 0 Å². The van der Waals surface area contributed by atoms with E-state index in [0.29, 0.717) is 5.69 Å². The van der Waals surface area contributed by atoms with Crippen molar-refractivity contribution in [1.82, 2.24) is 4.98 Å². The van der Waals surface area contributed by atoms with E-state index in [0.717, 1.165) is 22.3 Å². The SMILES string of the molecule is O=C(Nc1ccc2sccc2c1)c1cccnc1S(=O)(=O)C(F)(F)F. The molecule has 0 aliphatic rings. The van der Waals surface area contributed by atoms with Crippen molar-refractivity contribution >= 4 is 42.9 Å². The number of carbonyl (C=O) groups is 1. The van der Waals surface area contributed by atoms with E-state index in [9.17, 15) is 26.4 Å². The molecule has 3 aromatic rings. The molecular formula is C15H9F3N2O3S2. The zero-order valence-corrected chi connectivity index (χ0v) is 13.9. The minimum atomic E-state index is -5.74. The van der Waals surface area contributed by atoms with E-state index in [1.807, 2.05) is 11.4 Å². The van der Waals surface area contributed by atoms with Crippen LogP contribution in [0.3, 0.4) is 0 Å². The predicted octanol–water partition coefficient (Wildman–Crippen LogP) is 3.84. The van der Waals surface area contributed by atoms with E-state index in [1.165, 1.54) is 17.4 Å². The Morgan fingerprint density at radius 1 is 1.16 bits per heavy atom. The van der Waals surface area contributed by atoms with Gasteiger partial charge in [0.25, 0.3) is 15.7 Å². The van der Waals surface area contributed by atoms with Crippen molar-refractivity contribution in [1.29, 1.82) is 0 Å². The van der Waals surface area contributed by atoms with E-state index < -0.39 is 31.8 Å². The van der Waals surface area contributed by atoms with Gasteiger partial charge in [0.05, 0.1) is 5.56 Å². The predicted molar refractivity (Wildman–Crippen MR) is 87.3 cm³/mol. The summed E-state index contributed by atoms with van der Waals surface area (Å²) in [5.74, 6) is -0.995. The van der Waals surface area contributed by atoms with Crippen LogP contribution in [0.2, 0.25) is 0 Å². The minimum Gasteiger partial charge on any atom is -0.322 e. The smallest absolute Gasteiger partial charge is 0.322 e. The van der Waals surface area contributed by atoms with Crippen LogP contribution in [0.15, 0.2) is 53.0 Å². The maximum atomic E-state index is 12.8. The molecule has 0 aliphatic carbocycles. The number of alkyl halides is 3. The summed E-state index contributed by atoms with van der Waals surface area (Å²) in [7, 11) is -5.74. The number of pyridine rings is 1. The van der Waals surface area contributed by atoms with Crippen LogP contribution >= 0.6 is 11.3 Å². The molecule has 2 heterocycles. The number of sulfone groups is 1. The van der Waals surface area contributed by atoms with Crippen LogP contribution in [0.1, 0.15) is 10.4 Å². The molecule has 0 saturated heterocycles. The molecule has 0 radical (unpaired) electrons. The van der Waals surface area contributed by atoms with Crippen molar-refractivity contribution in [2.75, 3.05) is 5.32 Å². The van der Waals surface area contributed by atoms with Crippen molar-refractivity contribution in [2.24, 2.45) is 0 Å². The molecule has 0 fully saturated rings. The summed E-state index contributed by atoms with van der Waals surface area (Å²) in [6.07, 6.45) is 0.882. The van der Waals surface area contributed by atoms with Crippen LogP contribution in [-0.4, -0.2) is 24.8 Å². The highest BCUT2D eigenvalue weighted by Crippen LogP contribution is 2.31. The van der Waals surface area contributed by atoms with E-state index >= 15 is 0 Å². The third-order valence-electron chi connectivity index (χ3n) is 3.29. The maximum Gasteiger partial charge on any atom is 0.503 e. The number of carbonyl (C=O) groups excluding carboxylic acids is 1. The lowest BCUT2D eigenvalue weighted by Gasteiger charge is -2.11. The number of hydrogen-bond acceptors (Lipinski definition) is 5. The number of thiophene rings is 1. The normalized spacial score (nSPS) is 12.3. The molecule has 0 unspecified atom stereocenters. The Kier molecular flexibility index (Phi) is 4.25. The molecule has 0 aliphatic heterocycles. The number of benzene rings is 1. The van der Waals surface area contributed by atoms with Crippen LogP contribution in [0.25, 0.3) is 10.1 Å². The first-order valence-electron chi connectivity index (χ1n) is 6.75. The molecule has 25 heavy (non-hydrogen) atoms. The van der Waals surface area contributed by atoms with Gasteiger partial charge < -0.3 is 5.32 Å². The van der Waals surface area contributed by atoms with Crippen molar-refractivity contribution in [3.63, 3.8) is 0 Å². The number of fused-ring (bicyclic) bond motifs is 1. The molecule has 130 valence electrons. The lowest BCUT2D eigenvalue weighted by molar-refractivity contribution is -0.0438. The summed E-state index contributed by atoms with van der Waals surface area (Å²) >= 11 is 1.49. The van der Waals surface area contributed by atoms with E-state index in [-0.39, 0.29) is 0 Å². The van der Waals surface area contributed by atoms with Gasteiger partial charge in [0.2, 0.25) is 0 Å². The number of anilines is 1. The number of halogens is 3.